The number of nitrogens with zero attached hydrogens (tertiary/aromatic N) is 3. The van der Waals surface area contributed by atoms with Gasteiger partial charge in [0.05, 0.1) is 11.4 Å². The van der Waals surface area contributed by atoms with Gasteiger partial charge in [-0.15, -0.1) is 10.2 Å². The number of anilines is 2. The molecule has 0 atom stereocenters. The van der Waals surface area contributed by atoms with Crippen molar-refractivity contribution in [3.05, 3.63) is 24.1 Å². The third kappa shape index (κ3) is 2.05. The number of amides is 1. The van der Waals surface area contributed by atoms with E-state index in [1.807, 2.05) is 18.2 Å². The maximum Gasteiger partial charge on any atom is 0.247 e. The van der Waals surface area contributed by atoms with Gasteiger partial charge in [0.25, 0.3) is 0 Å². The Kier molecular flexibility index (Phi) is 2.70. The van der Waals surface area contributed by atoms with E-state index in [0.29, 0.717) is 24.7 Å². The smallest absolute Gasteiger partial charge is 0.247 e. The first-order chi connectivity index (χ1) is 9.15. The average molecular weight is 258 g/mol. The van der Waals surface area contributed by atoms with Gasteiger partial charge in [0.1, 0.15) is 0 Å². The summed E-state index contributed by atoms with van der Waals surface area (Å²) in [5.41, 5.74) is 2.58. The Balaban J connectivity index is 2.07. The summed E-state index contributed by atoms with van der Waals surface area (Å²) in [7, 11) is 1.77. The lowest BCUT2D eigenvalue weighted by Crippen LogP contribution is -2.25. The maximum absolute atomic E-state index is 11.9. The highest BCUT2D eigenvalue weighted by Gasteiger charge is 2.19. The molecular formula is C13H14N4O2. The molecule has 6 nitrogen and oxygen atoms in total. The average Bonchev–Trinajstić information content (AvgIpc) is 2.79. The van der Waals surface area contributed by atoms with E-state index in [1.54, 1.807) is 18.9 Å². The number of aromatic nitrogens is 2. The summed E-state index contributed by atoms with van der Waals surface area (Å²) in [6.07, 6.45) is 0.486. The number of hydrogen-bond donors (Lipinski definition) is 1. The molecule has 0 spiro atoms. The Labute approximate surface area is 110 Å². The molecule has 0 aliphatic carbocycles. The van der Waals surface area contributed by atoms with Crippen molar-refractivity contribution in [2.75, 3.05) is 23.8 Å². The topological polar surface area (TPSA) is 71.3 Å². The van der Waals surface area contributed by atoms with Crippen LogP contribution in [-0.2, 0) is 4.79 Å². The molecule has 1 aromatic heterocycles. The van der Waals surface area contributed by atoms with E-state index < -0.39 is 0 Å². The summed E-state index contributed by atoms with van der Waals surface area (Å²) < 4.78 is 5.41. The van der Waals surface area contributed by atoms with Gasteiger partial charge in [-0.05, 0) is 18.2 Å². The van der Waals surface area contributed by atoms with Crippen molar-refractivity contribution in [2.45, 2.75) is 13.3 Å². The Morgan fingerprint density at radius 2 is 2.21 bits per heavy atom. The molecule has 0 saturated heterocycles. The lowest BCUT2D eigenvalue weighted by molar-refractivity contribution is -0.118. The van der Waals surface area contributed by atoms with Gasteiger partial charge in [-0.2, -0.15) is 0 Å². The number of benzene rings is 1. The van der Waals surface area contributed by atoms with Gasteiger partial charge in [0.15, 0.2) is 0 Å². The van der Waals surface area contributed by atoms with Gasteiger partial charge >= 0.3 is 0 Å². The minimum absolute atomic E-state index is 0.0881. The van der Waals surface area contributed by atoms with Crippen LogP contribution in [0.5, 0.6) is 0 Å². The first-order valence-electron chi connectivity index (χ1n) is 6.10. The first kappa shape index (κ1) is 11.7. The van der Waals surface area contributed by atoms with E-state index in [4.69, 9.17) is 4.42 Å². The van der Waals surface area contributed by atoms with Crippen LogP contribution < -0.4 is 10.2 Å². The van der Waals surface area contributed by atoms with Crippen LogP contribution in [0, 0.1) is 6.92 Å². The molecule has 1 aliphatic heterocycles. The number of nitrogens with one attached hydrogen (secondary N) is 1. The number of carbonyl (C=O) groups is 1. The normalized spacial score (nSPS) is 14.8. The molecule has 1 aromatic carbocycles. The Bertz CT molecular complexity index is 635. The number of rotatable bonds is 1. The lowest BCUT2D eigenvalue weighted by atomic mass is 10.1. The van der Waals surface area contributed by atoms with E-state index in [-0.39, 0.29) is 5.91 Å². The molecule has 1 aliphatic rings. The molecule has 3 rings (SSSR count). The molecule has 0 saturated carbocycles. The van der Waals surface area contributed by atoms with Gasteiger partial charge in [0, 0.05) is 32.5 Å². The molecule has 98 valence electrons. The standard InChI is InChI=1S/C13H14N4O2/c1-8-15-16-13(19-8)9-3-4-10-11(7-9)17(2)12(18)5-6-14-10/h3-4,7,14H,5-6H2,1-2H3. The monoisotopic (exact) mass is 258 g/mol. The van der Waals surface area contributed by atoms with E-state index in [0.717, 1.165) is 16.9 Å². The fraction of sp³-hybridized carbons (Fsp3) is 0.308. The highest BCUT2D eigenvalue weighted by molar-refractivity contribution is 5.98. The molecule has 6 heteroatoms. The number of hydrogen-bond acceptors (Lipinski definition) is 5. The van der Waals surface area contributed by atoms with Gasteiger partial charge < -0.3 is 14.6 Å². The molecule has 1 amide bonds. The largest absolute Gasteiger partial charge is 0.421 e. The summed E-state index contributed by atoms with van der Waals surface area (Å²) in [4.78, 5) is 13.5. The van der Waals surface area contributed by atoms with Crippen LogP contribution in [0.3, 0.4) is 0 Å². The molecule has 2 aromatic rings. The van der Waals surface area contributed by atoms with Crippen LogP contribution in [0.4, 0.5) is 11.4 Å². The lowest BCUT2D eigenvalue weighted by Gasteiger charge is -2.17. The van der Waals surface area contributed by atoms with Gasteiger partial charge in [0.2, 0.25) is 17.7 Å². The zero-order valence-corrected chi connectivity index (χ0v) is 10.8. The van der Waals surface area contributed by atoms with Crippen molar-refractivity contribution in [2.24, 2.45) is 0 Å². The van der Waals surface area contributed by atoms with E-state index in [9.17, 15) is 4.79 Å². The van der Waals surface area contributed by atoms with Crippen LogP contribution in [0.2, 0.25) is 0 Å². The summed E-state index contributed by atoms with van der Waals surface area (Å²) in [5.74, 6) is 1.07. The predicted octanol–water partition coefficient (Wildman–Crippen LogP) is 1.82. The van der Waals surface area contributed by atoms with Gasteiger partial charge in [-0.25, -0.2) is 0 Å². The minimum atomic E-state index is 0.0881. The third-order valence-corrected chi connectivity index (χ3v) is 3.16. The quantitative estimate of drug-likeness (QED) is 0.844. The van der Waals surface area contributed by atoms with Crippen LogP contribution >= 0.6 is 0 Å². The second-order valence-corrected chi connectivity index (χ2v) is 4.49. The van der Waals surface area contributed by atoms with Crippen molar-refractivity contribution in [3.63, 3.8) is 0 Å². The van der Waals surface area contributed by atoms with Crippen molar-refractivity contribution < 1.29 is 9.21 Å². The Morgan fingerprint density at radius 3 is 2.95 bits per heavy atom. The second-order valence-electron chi connectivity index (χ2n) is 4.49. The summed E-state index contributed by atoms with van der Waals surface area (Å²) in [6, 6.07) is 5.72. The highest BCUT2D eigenvalue weighted by Crippen LogP contribution is 2.32. The number of aryl methyl sites for hydroxylation is 1. The van der Waals surface area contributed by atoms with Crippen molar-refractivity contribution >= 4 is 17.3 Å². The molecule has 0 radical (unpaired) electrons. The van der Waals surface area contributed by atoms with Crippen LogP contribution in [-0.4, -0.2) is 29.7 Å². The maximum atomic E-state index is 11.9. The van der Waals surface area contributed by atoms with Gasteiger partial charge in [-0.1, -0.05) is 0 Å². The van der Waals surface area contributed by atoms with E-state index in [1.165, 1.54) is 0 Å². The summed E-state index contributed by atoms with van der Waals surface area (Å²) >= 11 is 0. The van der Waals surface area contributed by atoms with E-state index >= 15 is 0 Å². The van der Waals surface area contributed by atoms with Crippen LogP contribution in [0.15, 0.2) is 22.6 Å². The molecule has 1 N–H and O–H groups in total. The molecule has 0 unspecified atom stereocenters. The highest BCUT2D eigenvalue weighted by atomic mass is 16.4. The summed E-state index contributed by atoms with van der Waals surface area (Å²) in [6.45, 7) is 2.40. The fourth-order valence-electron chi connectivity index (χ4n) is 2.11. The fourth-order valence-corrected chi connectivity index (χ4v) is 2.11. The number of fused-ring (bicyclic) bond motifs is 1. The SMILES string of the molecule is Cc1nnc(-c2ccc3c(c2)N(C)C(=O)CCN3)o1. The van der Waals surface area contributed by atoms with Crippen molar-refractivity contribution in [1.82, 2.24) is 10.2 Å². The zero-order valence-electron chi connectivity index (χ0n) is 10.8. The Morgan fingerprint density at radius 1 is 1.37 bits per heavy atom. The minimum Gasteiger partial charge on any atom is -0.421 e. The van der Waals surface area contributed by atoms with E-state index in [2.05, 4.69) is 15.5 Å². The number of carbonyl (C=O) groups excluding carboxylic acids is 1. The predicted molar refractivity (Wildman–Crippen MR) is 71.0 cm³/mol. The van der Waals surface area contributed by atoms with Crippen molar-refractivity contribution in [1.29, 1.82) is 0 Å². The molecule has 0 fully saturated rings. The van der Waals surface area contributed by atoms with Crippen molar-refractivity contribution in [3.8, 4) is 11.5 Å². The van der Waals surface area contributed by atoms with Crippen LogP contribution in [0.25, 0.3) is 11.5 Å². The Hall–Kier alpha value is -2.37. The molecule has 19 heavy (non-hydrogen) atoms. The molecular weight excluding hydrogens is 244 g/mol. The second kappa shape index (κ2) is 4.38. The van der Waals surface area contributed by atoms with Gasteiger partial charge in [-0.3, -0.25) is 4.79 Å². The summed E-state index contributed by atoms with van der Waals surface area (Å²) in [5, 5.41) is 11.0. The third-order valence-electron chi connectivity index (χ3n) is 3.16. The molecule has 2 heterocycles. The first-order valence-corrected chi connectivity index (χ1v) is 6.10. The molecule has 0 bridgehead atoms. The zero-order chi connectivity index (χ0) is 13.4. The van der Waals surface area contributed by atoms with Crippen LogP contribution in [0.1, 0.15) is 12.3 Å².